The number of amides is 1. The van der Waals surface area contributed by atoms with Crippen molar-refractivity contribution in [1.82, 2.24) is 5.32 Å². The zero-order valence-electron chi connectivity index (χ0n) is 39.2. The van der Waals surface area contributed by atoms with E-state index in [-0.39, 0.29) is 52.2 Å². The Kier molecular flexibility index (Phi) is 19.0. The second kappa shape index (κ2) is 26.4. The van der Waals surface area contributed by atoms with Crippen molar-refractivity contribution in [3.05, 3.63) is 215 Å². The molecule has 12 heteroatoms. The van der Waals surface area contributed by atoms with E-state index in [1.165, 1.54) is 6.92 Å². The van der Waals surface area contributed by atoms with Gasteiger partial charge in [0.1, 0.15) is 48.8 Å². The smallest absolute Gasteiger partial charge is 0.217 e. The molecule has 2 aliphatic rings. The van der Waals surface area contributed by atoms with Crippen LogP contribution < -0.4 is 5.32 Å². The van der Waals surface area contributed by atoms with E-state index in [0.717, 1.165) is 33.4 Å². The number of carbonyl (C=O) groups excluding carboxylic acids is 1. The van der Waals surface area contributed by atoms with Crippen LogP contribution in [0.1, 0.15) is 40.3 Å². The fourth-order valence-corrected chi connectivity index (χ4v) is 8.63. The fourth-order valence-electron chi connectivity index (χ4n) is 8.63. The Labute approximate surface area is 405 Å². The fraction of sp³-hybridized carbons (Fsp3) is 0.351. The molecule has 1 amide bonds. The van der Waals surface area contributed by atoms with Crippen molar-refractivity contribution in [2.24, 2.45) is 0 Å². The first-order valence-electron chi connectivity index (χ1n) is 23.6. The van der Waals surface area contributed by atoms with Gasteiger partial charge in [-0.3, -0.25) is 4.79 Å². The van der Waals surface area contributed by atoms with E-state index in [4.69, 9.17) is 47.4 Å². The summed E-state index contributed by atoms with van der Waals surface area (Å²) < 4.78 is 67.1. The third-order valence-corrected chi connectivity index (χ3v) is 12.1. The molecule has 10 atom stereocenters. The lowest BCUT2D eigenvalue weighted by atomic mass is 9.95. The van der Waals surface area contributed by atoms with Crippen molar-refractivity contribution in [2.45, 2.75) is 108 Å². The van der Waals surface area contributed by atoms with Gasteiger partial charge in [-0.25, -0.2) is 0 Å². The van der Waals surface area contributed by atoms with Crippen LogP contribution in [0.3, 0.4) is 0 Å². The molecule has 12 nitrogen and oxygen atoms in total. The Morgan fingerprint density at radius 2 is 0.739 bits per heavy atom. The second-order valence-electron chi connectivity index (χ2n) is 17.2. The lowest BCUT2D eigenvalue weighted by Crippen LogP contribution is -2.67. The molecule has 6 aromatic rings. The summed E-state index contributed by atoms with van der Waals surface area (Å²) in [5.41, 5.74) is 5.86. The Bertz CT molecular complexity index is 2350. The van der Waals surface area contributed by atoms with Crippen molar-refractivity contribution < 1.29 is 52.2 Å². The third-order valence-electron chi connectivity index (χ3n) is 12.1. The molecule has 0 saturated carbocycles. The molecular weight excluding hydrogens is 875 g/mol. The van der Waals surface area contributed by atoms with Crippen LogP contribution >= 0.6 is 0 Å². The summed E-state index contributed by atoms with van der Waals surface area (Å²) in [6.45, 7) is 3.19. The van der Waals surface area contributed by atoms with Crippen molar-refractivity contribution in [1.29, 1.82) is 0 Å². The van der Waals surface area contributed by atoms with Gasteiger partial charge in [-0.2, -0.15) is 0 Å². The lowest BCUT2D eigenvalue weighted by molar-refractivity contribution is -0.337. The summed E-state index contributed by atoms with van der Waals surface area (Å²) in [4.78, 5) is 13.2. The summed E-state index contributed by atoms with van der Waals surface area (Å²) in [5, 5.41) is 3.12. The maximum absolute atomic E-state index is 13.2. The van der Waals surface area contributed by atoms with Gasteiger partial charge in [0.05, 0.1) is 52.9 Å². The molecular formula is C57H63NO11. The van der Waals surface area contributed by atoms with Crippen LogP contribution in [0.25, 0.3) is 0 Å². The molecule has 1 N–H and O–H groups in total. The van der Waals surface area contributed by atoms with Crippen LogP contribution in [-0.4, -0.2) is 87.6 Å². The number of carbonyl (C=O) groups is 1. The molecule has 362 valence electrons. The largest absolute Gasteiger partial charge is 0.374 e. The standard InChI is InChI=1S/C57H63NO11/c1-41(59)58-50-53(64-36-45-27-15-6-16-28-45)51(62-34-43-23-11-4-12-24-43)48(39-61-33-42-21-9-3-10-22-42)68-56(50)67-40-49-52(63-35-44-25-13-5-14-26-44)54(65-37-46-29-17-7-18-30-46)55(57(60-2)69-49)66-38-47-31-19-8-20-32-47/h3-32,48-57H,33-40H2,1-2H3,(H,58,59). The van der Waals surface area contributed by atoms with Gasteiger partial charge in [-0.05, 0) is 33.4 Å². The molecule has 8 rings (SSSR count). The average molecular weight is 938 g/mol. The molecule has 6 aromatic carbocycles. The highest BCUT2D eigenvalue weighted by molar-refractivity contribution is 5.73. The van der Waals surface area contributed by atoms with Gasteiger partial charge in [0.15, 0.2) is 12.6 Å². The number of hydrogen-bond acceptors (Lipinski definition) is 11. The van der Waals surface area contributed by atoms with Crippen LogP contribution in [0.2, 0.25) is 0 Å². The lowest BCUT2D eigenvalue weighted by Gasteiger charge is -2.48. The van der Waals surface area contributed by atoms with Gasteiger partial charge in [-0.1, -0.05) is 182 Å². The van der Waals surface area contributed by atoms with E-state index in [9.17, 15) is 4.79 Å². The maximum atomic E-state index is 13.2. The summed E-state index contributed by atoms with van der Waals surface area (Å²) in [5.74, 6) is -0.295. The average Bonchev–Trinajstić information content (AvgIpc) is 3.39. The first-order chi connectivity index (χ1) is 34.0. The minimum atomic E-state index is -1.06. The Hall–Kier alpha value is -5.61. The van der Waals surface area contributed by atoms with E-state index in [0.29, 0.717) is 6.61 Å². The molecule has 0 bridgehead atoms. The first-order valence-corrected chi connectivity index (χ1v) is 23.6. The van der Waals surface area contributed by atoms with Crippen LogP contribution in [-0.2, 0) is 91.8 Å². The molecule has 0 radical (unpaired) electrons. The van der Waals surface area contributed by atoms with E-state index < -0.39 is 61.3 Å². The second-order valence-corrected chi connectivity index (χ2v) is 17.2. The van der Waals surface area contributed by atoms with Crippen molar-refractivity contribution >= 4 is 5.91 Å². The SMILES string of the molecule is COC1OC(COC2OC(COCc3ccccc3)C(OCc3ccccc3)C(OCc3ccccc3)C2NC(C)=O)C(OCc2ccccc2)C(OCc2ccccc2)C1OCc1ccccc1. The Morgan fingerprint density at radius 3 is 1.14 bits per heavy atom. The van der Waals surface area contributed by atoms with Gasteiger partial charge in [0.2, 0.25) is 5.91 Å². The molecule has 10 unspecified atom stereocenters. The van der Waals surface area contributed by atoms with E-state index in [2.05, 4.69) is 5.32 Å². The molecule has 69 heavy (non-hydrogen) atoms. The molecule has 0 aliphatic carbocycles. The van der Waals surface area contributed by atoms with Gasteiger partial charge in [-0.15, -0.1) is 0 Å². The number of nitrogens with one attached hydrogen (secondary N) is 1. The predicted octanol–water partition coefficient (Wildman–Crippen LogP) is 8.75. The summed E-state index contributed by atoms with van der Waals surface area (Å²) >= 11 is 0. The van der Waals surface area contributed by atoms with Crippen molar-refractivity contribution in [3.8, 4) is 0 Å². The Balaban J connectivity index is 1.11. The number of methoxy groups -OCH3 is 1. The number of ether oxygens (including phenoxy) is 10. The Morgan fingerprint density at radius 1 is 0.406 bits per heavy atom. The highest BCUT2D eigenvalue weighted by Crippen LogP contribution is 2.34. The van der Waals surface area contributed by atoms with Crippen molar-refractivity contribution in [2.75, 3.05) is 20.3 Å². The first kappa shape index (κ1) is 49.8. The molecule has 2 saturated heterocycles. The van der Waals surface area contributed by atoms with Crippen LogP contribution in [0, 0.1) is 0 Å². The number of hydrogen-bond donors (Lipinski definition) is 1. The summed E-state index contributed by atoms with van der Waals surface area (Å²) in [6, 6.07) is 58.7. The molecule has 2 fully saturated rings. The highest BCUT2D eigenvalue weighted by atomic mass is 16.7. The number of benzene rings is 6. The minimum Gasteiger partial charge on any atom is -0.374 e. The van der Waals surface area contributed by atoms with Gasteiger partial charge in [0.25, 0.3) is 0 Å². The van der Waals surface area contributed by atoms with E-state index in [1.807, 2.05) is 182 Å². The van der Waals surface area contributed by atoms with Gasteiger partial charge >= 0.3 is 0 Å². The monoisotopic (exact) mass is 937 g/mol. The quantitative estimate of drug-likeness (QED) is 0.0628. The molecule has 0 aromatic heterocycles. The third kappa shape index (κ3) is 14.7. The molecule has 2 aliphatic heterocycles. The van der Waals surface area contributed by atoms with E-state index in [1.54, 1.807) is 7.11 Å². The topological polar surface area (TPSA) is 121 Å². The van der Waals surface area contributed by atoms with Crippen LogP contribution in [0.5, 0.6) is 0 Å². The van der Waals surface area contributed by atoms with Gasteiger partial charge < -0.3 is 52.7 Å². The van der Waals surface area contributed by atoms with Crippen molar-refractivity contribution in [3.63, 3.8) is 0 Å². The summed E-state index contributed by atoms with van der Waals surface area (Å²) in [6.07, 6.45) is -7.02. The molecule has 0 spiro atoms. The number of rotatable bonds is 24. The van der Waals surface area contributed by atoms with Crippen LogP contribution in [0.15, 0.2) is 182 Å². The van der Waals surface area contributed by atoms with Crippen LogP contribution in [0.4, 0.5) is 0 Å². The van der Waals surface area contributed by atoms with Gasteiger partial charge in [0, 0.05) is 14.0 Å². The zero-order chi connectivity index (χ0) is 47.5. The minimum absolute atomic E-state index is 0.0603. The normalized spacial score (nSPS) is 24.7. The predicted molar refractivity (Wildman–Crippen MR) is 259 cm³/mol. The zero-order valence-corrected chi connectivity index (χ0v) is 39.2. The van der Waals surface area contributed by atoms with E-state index >= 15 is 0 Å². The molecule has 2 heterocycles. The highest BCUT2D eigenvalue weighted by Gasteiger charge is 2.52. The summed E-state index contributed by atoms with van der Waals surface area (Å²) in [7, 11) is 1.59. The maximum Gasteiger partial charge on any atom is 0.217 e.